The Morgan fingerprint density at radius 2 is 2.07 bits per heavy atom. The van der Waals surface area contributed by atoms with Crippen LogP contribution in [-0.4, -0.2) is 36.2 Å². The number of aromatic nitrogens is 1. The molecule has 3 N–H and O–H groups in total. The van der Waals surface area contributed by atoms with Gasteiger partial charge in [-0.3, -0.25) is 4.79 Å². The van der Waals surface area contributed by atoms with E-state index in [0.29, 0.717) is 0 Å². The van der Waals surface area contributed by atoms with Gasteiger partial charge in [0.2, 0.25) is 0 Å². The van der Waals surface area contributed by atoms with E-state index in [2.05, 4.69) is 15.3 Å². The molecular weight excluding hydrogens is 387 g/mol. The van der Waals surface area contributed by atoms with Crippen LogP contribution in [0.4, 0.5) is 18.9 Å². The van der Waals surface area contributed by atoms with Crippen LogP contribution in [0.15, 0.2) is 41.5 Å². The van der Waals surface area contributed by atoms with E-state index in [1.807, 2.05) is 6.07 Å². The molecule has 1 aromatic heterocycles. The molecule has 0 saturated carbocycles. The molecule has 10 heteroatoms. The molecule has 1 heterocycles. The molecule has 2 rings (SSSR count). The molecule has 0 saturated heterocycles. The lowest BCUT2D eigenvalue weighted by atomic mass is 10.0. The highest BCUT2D eigenvalue weighted by Crippen LogP contribution is 2.31. The lowest BCUT2D eigenvalue weighted by molar-refractivity contribution is 0.0257. The maximum Gasteiger partial charge on any atom is 0.282 e. The number of benzene rings is 1. The van der Waals surface area contributed by atoms with Gasteiger partial charge >= 0.3 is 0 Å². The molecule has 0 spiro atoms. The third-order valence-corrected chi connectivity index (χ3v) is 3.89. The van der Waals surface area contributed by atoms with Gasteiger partial charge in [-0.2, -0.15) is 5.26 Å². The number of hydrogen-bond acceptors (Lipinski definition) is 5. The van der Waals surface area contributed by atoms with Crippen LogP contribution in [0.1, 0.15) is 34.7 Å². The highest BCUT2D eigenvalue weighted by atomic mass is 19.2. The van der Waals surface area contributed by atoms with Crippen molar-refractivity contribution in [2.45, 2.75) is 25.4 Å². The standard InChI is InChI=1S/C19H18F3N5O2/c1-10(20)17(29-19(24)25-2)16(22)13-7-12(4-5-14(13)21)27-18(28)15-6-3-11(8-23)9-26-15/h3-7,9-10,16-17H,1-2H3,(H2,24,25)(H,27,28)/t10-,16-,17-/m1/s1. The van der Waals surface area contributed by atoms with Crippen molar-refractivity contribution in [1.82, 2.24) is 4.98 Å². The molecular formula is C19H18F3N5O2. The number of carbonyl (C=O) groups is 1. The molecule has 7 nitrogen and oxygen atoms in total. The van der Waals surface area contributed by atoms with Gasteiger partial charge < -0.3 is 15.8 Å². The Balaban J connectivity index is 2.25. The zero-order chi connectivity index (χ0) is 21.6. The van der Waals surface area contributed by atoms with Gasteiger partial charge in [0.05, 0.1) is 5.56 Å². The number of anilines is 1. The Hall–Kier alpha value is -3.61. The summed E-state index contributed by atoms with van der Waals surface area (Å²) >= 11 is 0. The number of ether oxygens (including phenoxy) is 1. The van der Waals surface area contributed by atoms with Gasteiger partial charge in [-0.25, -0.2) is 23.1 Å². The van der Waals surface area contributed by atoms with Gasteiger partial charge in [-0.05, 0) is 37.3 Å². The van der Waals surface area contributed by atoms with E-state index < -0.39 is 41.8 Å². The lowest BCUT2D eigenvalue weighted by Crippen LogP contribution is -2.34. The third kappa shape index (κ3) is 5.44. The maximum atomic E-state index is 14.9. The van der Waals surface area contributed by atoms with Gasteiger partial charge in [-0.1, -0.05) is 0 Å². The van der Waals surface area contributed by atoms with Crippen molar-refractivity contribution in [2.24, 2.45) is 10.7 Å². The average molecular weight is 405 g/mol. The number of nitrogens with one attached hydrogen (secondary N) is 1. The summed E-state index contributed by atoms with van der Waals surface area (Å²) in [5, 5.41) is 11.2. The summed E-state index contributed by atoms with van der Waals surface area (Å²) in [6, 6.07) is 7.33. The average Bonchev–Trinajstić information content (AvgIpc) is 2.72. The molecule has 0 aliphatic heterocycles. The summed E-state index contributed by atoms with van der Waals surface area (Å²) in [4.78, 5) is 19.6. The van der Waals surface area contributed by atoms with E-state index in [9.17, 15) is 18.0 Å². The molecule has 0 aliphatic rings. The van der Waals surface area contributed by atoms with E-state index in [1.165, 1.54) is 31.4 Å². The van der Waals surface area contributed by atoms with E-state index in [0.717, 1.165) is 19.1 Å². The highest BCUT2D eigenvalue weighted by molar-refractivity contribution is 6.02. The number of nitrogens with two attached hydrogens (primary N) is 1. The van der Waals surface area contributed by atoms with Gasteiger partial charge in [0, 0.05) is 24.5 Å². The SMILES string of the molecule is C/N=C(/N)O[C@@H]([C@H](F)c1cc(NC(=O)c2ccc(C#N)cn2)ccc1F)[C@@H](C)F. The lowest BCUT2D eigenvalue weighted by Gasteiger charge is -2.24. The monoisotopic (exact) mass is 405 g/mol. The Labute approximate surface area is 165 Å². The van der Waals surface area contributed by atoms with Crippen molar-refractivity contribution < 1.29 is 22.7 Å². The van der Waals surface area contributed by atoms with E-state index in [-0.39, 0.29) is 16.9 Å². The molecule has 0 aliphatic carbocycles. The van der Waals surface area contributed by atoms with E-state index in [1.54, 1.807) is 0 Å². The fourth-order valence-corrected chi connectivity index (χ4v) is 2.38. The molecule has 3 atom stereocenters. The number of amidine groups is 1. The van der Waals surface area contributed by atoms with Crippen molar-refractivity contribution in [3.63, 3.8) is 0 Å². The number of rotatable bonds is 6. The first kappa shape index (κ1) is 21.7. The second-order valence-corrected chi connectivity index (χ2v) is 5.96. The van der Waals surface area contributed by atoms with Crippen LogP contribution >= 0.6 is 0 Å². The molecule has 0 fully saturated rings. The first-order valence-electron chi connectivity index (χ1n) is 8.40. The van der Waals surface area contributed by atoms with Gasteiger partial charge in [0.25, 0.3) is 11.9 Å². The summed E-state index contributed by atoms with van der Waals surface area (Å²) in [6.07, 6.45) is -4.57. The Morgan fingerprint density at radius 3 is 2.62 bits per heavy atom. The fraction of sp³-hybridized carbons (Fsp3) is 0.263. The van der Waals surface area contributed by atoms with Crippen LogP contribution in [0, 0.1) is 17.1 Å². The quantitative estimate of drug-likeness (QED) is 0.566. The Bertz CT molecular complexity index is 942. The normalized spacial score (nSPS) is 14.4. The second-order valence-electron chi connectivity index (χ2n) is 5.96. The molecule has 1 aromatic carbocycles. The van der Waals surface area contributed by atoms with Gasteiger partial charge in [0.15, 0.2) is 12.3 Å². The number of nitrogens with zero attached hydrogens (tertiary/aromatic N) is 3. The number of halogens is 3. The van der Waals surface area contributed by atoms with Crippen molar-refractivity contribution in [3.05, 3.63) is 59.2 Å². The smallest absolute Gasteiger partial charge is 0.282 e. The van der Waals surface area contributed by atoms with Crippen LogP contribution in [0.3, 0.4) is 0 Å². The minimum Gasteiger partial charge on any atom is -0.456 e. The number of carbonyl (C=O) groups excluding carboxylic acids is 1. The largest absolute Gasteiger partial charge is 0.456 e. The zero-order valence-corrected chi connectivity index (χ0v) is 15.6. The number of aliphatic imine (C=N–C) groups is 1. The first-order chi connectivity index (χ1) is 13.8. The van der Waals surface area contributed by atoms with Crippen LogP contribution < -0.4 is 11.1 Å². The number of nitriles is 1. The Kier molecular flexibility index (Phi) is 7.14. The minimum atomic E-state index is -2.22. The molecule has 0 radical (unpaired) electrons. The summed E-state index contributed by atoms with van der Waals surface area (Å²) in [7, 11) is 1.27. The molecule has 29 heavy (non-hydrogen) atoms. The van der Waals surface area contributed by atoms with Crippen LogP contribution in [0.25, 0.3) is 0 Å². The fourth-order valence-electron chi connectivity index (χ4n) is 2.38. The first-order valence-corrected chi connectivity index (χ1v) is 8.40. The Morgan fingerprint density at radius 1 is 1.34 bits per heavy atom. The number of hydrogen-bond donors (Lipinski definition) is 2. The van der Waals surface area contributed by atoms with Crippen molar-refractivity contribution in [1.29, 1.82) is 5.26 Å². The van der Waals surface area contributed by atoms with Crippen molar-refractivity contribution >= 4 is 17.6 Å². The molecule has 0 bridgehead atoms. The van der Waals surface area contributed by atoms with Crippen molar-refractivity contribution in [3.8, 4) is 6.07 Å². The highest BCUT2D eigenvalue weighted by Gasteiger charge is 2.33. The maximum absolute atomic E-state index is 14.9. The van der Waals surface area contributed by atoms with Crippen LogP contribution in [0.2, 0.25) is 0 Å². The van der Waals surface area contributed by atoms with E-state index in [4.69, 9.17) is 15.7 Å². The van der Waals surface area contributed by atoms with Crippen LogP contribution in [-0.2, 0) is 4.74 Å². The number of pyridine rings is 1. The second kappa shape index (κ2) is 9.54. The predicted octanol–water partition coefficient (Wildman–Crippen LogP) is 3.04. The number of amides is 1. The predicted molar refractivity (Wildman–Crippen MR) is 100 cm³/mol. The van der Waals surface area contributed by atoms with Crippen LogP contribution in [0.5, 0.6) is 0 Å². The topological polar surface area (TPSA) is 113 Å². The molecule has 0 unspecified atom stereocenters. The van der Waals surface area contributed by atoms with Gasteiger partial charge in [0.1, 0.15) is 23.8 Å². The summed E-state index contributed by atoms with van der Waals surface area (Å²) < 4.78 is 47.8. The van der Waals surface area contributed by atoms with E-state index >= 15 is 0 Å². The molecule has 1 amide bonds. The number of alkyl halides is 2. The molecule has 152 valence electrons. The molecule has 2 aromatic rings. The van der Waals surface area contributed by atoms with Gasteiger partial charge in [-0.15, -0.1) is 0 Å². The zero-order valence-electron chi connectivity index (χ0n) is 15.6. The summed E-state index contributed by atoms with van der Waals surface area (Å²) in [5.41, 5.74) is 5.17. The summed E-state index contributed by atoms with van der Waals surface area (Å²) in [6.45, 7) is 1.04. The van der Waals surface area contributed by atoms with Crippen molar-refractivity contribution in [2.75, 3.05) is 12.4 Å². The summed E-state index contributed by atoms with van der Waals surface area (Å²) in [5.74, 6) is -1.61. The third-order valence-electron chi connectivity index (χ3n) is 3.89. The minimum absolute atomic E-state index is 0.00260.